The molecule has 0 rings (SSSR count). The van der Waals surface area contributed by atoms with Crippen LogP contribution in [0.4, 0.5) is 0 Å². The van der Waals surface area contributed by atoms with Gasteiger partial charge in [-0.05, 0) is 57.8 Å². The minimum absolute atomic E-state index is 0.0220. The molecule has 0 aliphatic rings. The molecule has 1 amide bonds. The first-order chi connectivity index (χ1) is 40.0. The van der Waals surface area contributed by atoms with E-state index in [9.17, 15) is 19.8 Å². The summed E-state index contributed by atoms with van der Waals surface area (Å²) in [5.41, 5.74) is 0. The van der Waals surface area contributed by atoms with E-state index in [0.717, 1.165) is 38.5 Å². The zero-order chi connectivity index (χ0) is 58.5. The van der Waals surface area contributed by atoms with Gasteiger partial charge in [-0.1, -0.05) is 372 Å². The van der Waals surface area contributed by atoms with Gasteiger partial charge in [0.25, 0.3) is 0 Å². The van der Waals surface area contributed by atoms with E-state index in [-0.39, 0.29) is 18.5 Å². The number of aliphatic hydroxyl groups is 2. The standard InChI is InChI=1S/C75H145NO5/c1-3-5-7-9-11-13-15-17-19-21-37-41-45-49-53-57-61-65-69-75(80)81-70-66-62-58-54-50-46-42-38-35-33-31-29-27-25-23-22-24-26-28-30-32-34-36-40-44-48-52-56-60-64-68-74(79)76-72(71-77)73(78)67-63-59-55-51-47-43-39-20-18-16-14-12-10-8-6-4-2/h23,25,63,67,72-73,77-78H,3-22,24,26-62,64-66,68-71H2,1-2H3,(H,76,79)/b25-23-,67-63+. The fraction of sp³-hybridized carbons (Fsp3) is 0.920. The SMILES string of the molecule is CCCCCCCCCCCCCCCC/C=C/C(O)C(CO)NC(=O)CCCCCCCCCCCCCCCC/C=C\CCCCCCCCCCCCCCOC(=O)CCCCCCCCCCCCCCCCCCCC. The number of hydrogen-bond donors (Lipinski definition) is 3. The number of esters is 1. The minimum Gasteiger partial charge on any atom is -0.466 e. The lowest BCUT2D eigenvalue weighted by Crippen LogP contribution is -2.45. The average molecular weight is 1140 g/mol. The molecule has 0 aromatic heterocycles. The Labute approximate surface area is 507 Å². The van der Waals surface area contributed by atoms with Crippen molar-refractivity contribution in [2.45, 2.75) is 431 Å². The molecule has 0 fully saturated rings. The molecule has 0 saturated heterocycles. The van der Waals surface area contributed by atoms with E-state index in [2.05, 4.69) is 31.3 Å². The number of nitrogens with one attached hydrogen (secondary N) is 1. The first-order valence-electron chi connectivity index (χ1n) is 37.1. The summed E-state index contributed by atoms with van der Waals surface area (Å²) < 4.78 is 5.51. The first-order valence-corrected chi connectivity index (χ1v) is 37.1. The Hall–Kier alpha value is -1.66. The summed E-state index contributed by atoms with van der Waals surface area (Å²) in [6.07, 6.45) is 89.9. The third-order valence-corrected chi connectivity index (χ3v) is 17.5. The van der Waals surface area contributed by atoms with Crippen LogP contribution in [-0.4, -0.2) is 47.4 Å². The van der Waals surface area contributed by atoms with Gasteiger partial charge in [0.2, 0.25) is 5.91 Å². The molecular formula is C75H145NO5. The fourth-order valence-electron chi connectivity index (χ4n) is 11.8. The molecule has 0 aliphatic carbocycles. The Balaban J connectivity index is 3.36. The lowest BCUT2D eigenvalue weighted by molar-refractivity contribution is -0.143. The maximum atomic E-state index is 12.5. The number of carbonyl (C=O) groups is 2. The van der Waals surface area contributed by atoms with Gasteiger partial charge in [-0.15, -0.1) is 0 Å². The van der Waals surface area contributed by atoms with Crippen LogP contribution in [0.3, 0.4) is 0 Å². The molecular weight excluding hydrogens is 995 g/mol. The number of aliphatic hydroxyl groups excluding tert-OH is 2. The summed E-state index contributed by atoms with van der Waals surface area (Å²) >= 11 is 0. The van der Waals surface area contributed by atoms with Crippen LogP contribution in [0, 0.1) is 0 Å². The van der Waals surface area contributed by atoms with Crippen LogP contribution in [0.1, 0.15) is 418 Å². The molecule has 0 radical (unpaired) electrons. The molecule has 0 heterocycles. The van der Waals surface area contributed by atoms with Gasteiger partial charge in [0.05, 0.1) is 25.4 Å². The van der Waals surface area contributed by atoms with Crippen molar-refractivity contribution in [1.29, 1.82) is 0 Å². The second-order valence-corrected chi connectivity index (χ2v) is 25.6. The van der Waals surface area contributed by atoms with Crippen LogP contribution < -0.4 is 5.32 Å². The summed E-state index contributed by atoms with van der Waals surface area (Å²) in [7, 11) is 0. The van der Waals surface area contributed by atoms with Gasteiger partial charge in [-0.2, -0.15) is 0 Å². The van der Waals surface area contributed by atoms with E-state index in [0.29, 0.717) is 19.4 Å². The predicted molar refractivity (Wildman–Crippen MR) is 356 cm³/mol. The Morgan fingerprint density at radius 1 is 0.333 bits per heavy atom. The Morgan fingerprint density at radius 3 is 0.877 bits per heavy atom. The van der Waals surface area contributed by atoms with Crippen LogP contribution in [-0.2, 0) is 14.3 Å². The number of ether oxygens (including phenoxy) is 1. The van der Waals surface area contributed by atoms with Gasteiger partial charge >= 0.3 is 5.97 Å². The van der Waals surface area contributed by atoms with Crippen molar-refractivity contribution in [3.63, 3.8) is 0 Å². The highest BCUT2D eigenvalue weighted by molar-refractivity contribution is 5.76. The summed E-state index contributed by atoms with van der Waals surface area (Å²) in [6, 6.07) is -0.627. The van der Waals surface area contributed by atoms with Crippen LogP contribution >= 0.6 is 0 Å². The maximum Gasteiger partial charge on any atom is 0.305 e. The van der Waals surface area contributed by atoms with Gasteiger partial charge < -0.3 is 20.3 Å². The molecule has 0 spiro atoms. The Morgan fingerprint density at radius 2 is 0.580 bits per heavy atom. The van der Waals surface area contributed by atoms with Gasteiger partial charge in [-0.25, -0.2) is 0 Å². The summed E-state index contributed by atoms with van der Waals surface area (Å²) in [6.45, 7) is 4.95. The highest BCUT2D eigenvalue weighted by atomic mass is 16.5. The van der Waals surface area contributed by atoms with Crippen LogP contribution in [0.15, 0.2) is 24.3 Å². The Kier molecular flexibility index (Phi) is 69.4. The van der Waals surface area contributed by atoms with E-state index in [4.69, 9.17) is 4.74 Å². The second kappa shape index (κ2) is 70.8. The normalized spacial score (nSPS) is 12.6. The first kappa shape index (κ1) is 79.3. The number of allylic oxidation sites excluding steroid dienone is 3. The second-order valence-electron chi connectivity index (χ2n) is 25.6. The van der Waals surface area contributed by atoms with Crippen LogP contribution in [0.2, 0.25) is 0 Å². The summed E-state index contributed by atoms with van der Waals surface area (Å²) in [5, 5.41) is 23.2. The lowest BCUT2D eigenvalue weighted by atomic mass is 10.0. The largest absolute Gasteiger partial charge is 0.466 e. The molecule has 480 valence electrons. The van der Waals surface area contributed by atoms with Crippen molar-refractivity contribution < 1.29 is 24.5 Å². The third-order valence-electron chi connectivity index (χ3n) is 17.5. The summed E-state index contributed by atoms with van der Waals surface area (Å²) in [4.78, 5) is 24.6. The Bertz CT molecular complexity index is 1270. The van der Waals surface area contributed by atoms with Crippen molar-refractivity contribution in [3.8, 4) is 0 Å². The van der Waals surface area contributed by atoms with Crippen molar-refractivity contribution in [3.05, 3.63) is 24.3 Å². The van der Waals surface area contributed by atoms with Crippen molar-refractivity contribution in [1.82, 2.24) is 5.32 Å². The molecule has 0 saturated carbocycles. The number of hydrogen-bond acceptors (Lipinski definition) is 5. The van der Waals surface area contributed by atoms with Gasteiger partial charge in [0, 0.05) is 12.8 Å². The predicted octanol–water partition coefficient (Wildman–Crippen LogP) is 24.1. The molecule has 0 bridgehead atoms. The van der Waals surface area contributed by atoms with Crippen molar-refractivity contribution in [2.24, 2.45) is 0 Å². The van der Waals surface area contributed by atoms with Crippen molar-refractivity contribution >= 4 is 11.9 Å². The molecule has 0 aromatic carbocycles. The van der Waals surface area contributed by atoms with Gasteiger partial charge in [0.15, 0.2) is 0 Å². The fourth-order valence-corrected chi connectivity index (χ4v) is 11.8. The number of amides is 1. The number of rotatable bonds is 70. The van der Waals surface area contributed by atoms with Crippen LogP contribution in [0.25, 0.3) is 0 Å². The molecule has 0 aliphatic heterocycles. The lowest BCUT2D eigenvalue weighted by Gasteiger charge is -2.20. The third kappa shape index (κ3) is 67.3. The molecule has 2 atom stereocenters. The minimum atomic E-state index is -0.843. The zero-order valence-corrected chi connectivity index (χ0v) is 55.0. The zero-order valence-electron chi connectivity index (χ0n) is 55.0. The van der Waals surface area contributed by atoms with Crippen molar-refractivity contribution in [2.75, 3.05) is 13.2 Å². The van der Waals surface area contributed by atoms with E-state index >= 15 is 0 Å². The van der Waals surface area contributed by atoms with Crippen LogP contribution in [0.5, 0.6) is 0 Å². The van der Waals surface area contributed by atoms with E-state index in [1.165, 1.54) is 353 Å². The highest BCUT2D eigenvalue weighted by Crippen LogP contribution is 2.19. The smallest absolute Gasteiger partial charge is 0.305 e. The topological polar surface area (TPSA) is 95.9 Å². The highest BCUT2D eigenvalue weighted by Gasteiger charge is 2.18. The maximum absolute atomic E-state index is 12.5. The average Bonchev–Trinajstić information content (AvgIpc) is 3.47. The monoisotopic (exact) mass is 1140 g/mol. The van der Waals surface area contributed by atoms with Gasteiger partial charge in [-0.3, -0.25) is 9.59 Å². The molecule has 81 heavy (non-hydrogen) atoms. The quantitative estimate of drug-likeness (QED) is 0.0320. The van der Waals surface area contributed by atoms with Gasteiger partial charge in [0.1, 0.15) is 0 Å². The molecule has 6 heteroatoms. The van der Waals surface area contributed by atoms with E-state index in [1.54, 1.807) is 6.08 Å². The molecule has 0 aromatic rings. The summed E-state index contributed by atoms with van der Waals surface area (Å²) in [5.74, 6) is -0.0414. The van der Waals surface area contributed by atoms with E-state index in [1.807, 2.05) is 6.08 Å². The van der Waals surface area contributed by atoms with E-state index < -0.39 is 12.1 Å². The molecule has 3 N–H and O–H groups in total. The number of carbonyl (C=O) groups excluding carboxylic acids is 2. The molecule has 2 unspecified atom stereocenters. The number of unbranched alkanes of at least 4 members (excludes halogenated alkanes) is 57. The molecule has 6 nitrogen and oxygen atoms in total.